The molecule has 0 saturated heterocycles. The number of hydrogen-bond donors (Lipinski definition) is 0. The van der Waals surface area contributed by atoms with Crippen LogP contribution in [0.1, 0.15) is 55.4 Å². The van der Waals surface area contributed by atoms with Gasteiger partial charge in [-0.2, -0.15) is 0 Å². The van der Waals surface area contributed by atoms with Crippen molar-refractivity contribution in [2.45, 2.75) is 79.8 Å². The SMILES string of the molecule is CC(C)OP(=S)(OC(C)C)SCSP(=S)(OC(C)C)OC(C)C. The van der Waals surface area contributed by atoms with E-state index in [0.29, 0.717) is 5.08 Å². The van der Waals surface area contributed by atoms with Crippen molar-refractivity contribution in [3.8, 4) is 0 Å². The topological polar surface area (TPSA) is 36.9 Å². The van der Waals surface area contributed by atoms with Gasteiger partial charge < -0.3 is 18.1 Å². The predicted octanol–water partition coefficient (Wildman–Crippen LogP) is 6.56. The van der Waals surface area contributed by atoms with Crippen LogP contribution in [-0.4, -0.2) is 29.5 Å². The molecule has 0 heterocycles. The zero-order chi connectivity index (χ0) is 18.3. The highest BCUT2D eigenvalue weighted by molar-refractivity contribution is 8.76. The molecule has 0 spiro atoms. The first-order valence-electron chi connectivity index (χ1n) is 7.60. The lowest BCUT2D eigenvalue weighted by Crippen LogP contribution is -2.07. The zero-order valence-electron chi connectivity index (χ0n) is 15.2. The van der Waals surface area contributed by atoms with Gasteiger partial charge in [0.2, 0.25) is 11.4 Å². The second kappa shape index (κ2) is 11.5. The zero-order valence-corrected chi connectivity index (χ0v) is 20.2. The molecule has 0 unspecified atom stereocenters. The van der Waals surface area contributed by atoms with E-state index >= 15 is 0 Å². The van der Waals surface area contributed by atoms with Gasteiger partial charge in [-0.1, -0.05) is 22.8 Å². The van der Waals surface area contributed by atoms with E-state index in [1.807, 2.05) is 55.4 Å². The molecule has 23 heavy (non-hydrogen) atoms. The maximum absolute atomic E-state index is 5.88. The van der Waals surface area contributed by atoms with Crippen LogP contribution in [-0.2, 0) is 41.7 Å². The second-order valence-corrected chi connectivity index (χ2v) is 18.7. The van der Waals surface area contributed by atoms with Crippen molar-refractivity contribution >= 4 is 57.8 Å². The Morgan fingerprint density at radius 1 is 0.609 bits per heavy atom. The molecule has 4 nitrogen and oxygen atoms in total. The molecular weight excluding hydrogens is 410 g/mol. The minimum absolute atomic E-state index is 0.0268. The lowest BCUT2D eigenvalue weighted by molar-refractivity contribution is 0.185. The average molecular weight is 441 g/mol. The van der Waals surface area contributed by atoms with E-state index < -0.39 is 11.4 Å². The van der Waals surface area contributed by atoms with Crippen LogP contribution in [0.2, 0.25) is 0 Å². The van der Waals surface area contributed by atoms with Gasteiger partial charge in [0.25, 0.3) is 0 Å². The summed E-state index contributed by atoms with van der Waals surface area (Å²) in [7, 11) is 0. The molecule has 0 N–H and O–H groups in total. The lowest BCUT2D eigenvalue weighted by Gasteiger charge is -2.28. The molecule has 0 bridgehead atoms. The van der Waals surface area contributed by atoms with Crippen molar-refractivity contribution in [3.05, 3.63) is 0 Å². The minimum Gasteiger partial charge on any atom is -0.319 e. The first-order valence-corrected chi connectivity index (χ1v) is 16.1. The summed E-state index contributed by atoms with van der Waals surface area (Å²) < 4.78 is 23.5. The van der Waals surface area contributed by atoms with Gasteiger partial charge in [-0.05, 0) is 79.0 Å². The maximum atomic E-state index is 5.88. The summed E-state index contributed by atoms with van der Waals surface area (Å²) in [5.41, 5.74) is -4.79. The molecule has 0 amide bonds. The smallest absolute Gasteiger partial charge is 0.248 e. The molecule has 140 valence electrons. The van der Waals surface area contributed by atoms with Crippen LogP contribution in [0.5, 0.6) is 0 Å². The second-order valence-electron chi connectivity index (χ2n) is 5.89. The third kappa shape index (κ3) is 12.8. The molecule has 0 radical (unpaired) electrons. The molecule has 0 rings (SSSR count). The first kappa shape index (κ1) is 24.8. The van der Waals surface area contributed by atoms with E-state index in [-0.39, 0.29) is 24.4 Å². The predicted molar refractivity (Wildman–Crippen MR) is 114 cm³/mol. The van der Waals surface area contributed by atoms with Crippen LogP contribution in [0, 0.1) is 0 Å². The third-order valence-corrected chi connectivity index (χ3v) is 13.7. The van der Waals surface area contributed by atoms with Crippen LogP contribution in [0.15, 0.2) is 0 Å². The highest BCUT2D eigenvalue weighted by Crippen LogP contribution is 2.69. The Morgan fingerprint density at radius 3 is 1.00 bits per heavy atom. The Balaban J connectivity index is 4.80. The van der Waals surface area contributed by atoms with Gasteiger partial charge in [-0.15, -0.1) is 0 Å². The molecule has 0 aromatic heterocycles. The lowest BCUT2D eigenvalue weighted by atomic mass is 10.5. The largest absolute Gasteiger partial charge is 0.319 e. The van der Waals surface area contributed by atoms with E-state index in [1.165, 1.54) is 22.8 Å². The molecule has 0 aromatic carbocycles. The highest BCUT2D eigenvalue weighted by Gasteiger charge is 2.28. The van der Waals surface area contributed by atoms with Crippen LogP contribution >= 0.6 is 34.2 Å². The van der Waals surface area contributed by atoms with Crippen molar-refractivity contribution in [1.29, 1.82) is 0 Å². The summed E-state index contributed by atoms with van der Waals surface area (Å²) in [6.07, 6.45) is 0.107. The van der Waals surface area contributed by atoms with Crippen LogP contribution in [0.25, 0.3) is 0 Å². The molecule has 0 saturated carbocycles. The fourth-order valence-electron chi connectivity index (χ4n) is 1.36. The van der Waals surface area contributed by atoms with E-state index in [1.54, 1.807) is 0 Å². The van der Waals surface area contributed by atoms with Gasteiger partial charge in [0, 0.05) is 0 Å². The normalized spacial score (nSPS) is 13.7. The average Bonchev–Trinajstić information content (AvgIpc) is 2.22. The third-order valence-electron chi connectivity index (χ3n) is 1.78. The number of hydrogen-bond acceptors (Lipinski definition) is 8. The van der Waals surface area contributed by atoms with Crippen molar-refractivity contribution in [2.24, 2.45) is 0 Å². The summed E-state index contributed by atoms with van der Waals surface area (Å²) in [6.45, 7) is 15.7. The molecule has 0 aliphatic carbocycles. The van der Waals surface area contributed by atoms with Crippen molar-refractivity contribution < 1.29 is 18.1 Å². The summed E-state index contributed by atoms with van der Waals surface area (Å²) in [5, 5.41) is 0.632. The first-order chi connectivity index (χ1) is 10.4. The van der Waals surface area contributed by atoms with Crippen LogP contribution < -0.4 is 0 Å². The van der Waals surface area contributed by atoms with Gasteiger partial charge in [-0.3, -0.25) is 0 Å². The number of rotatable bonds is 12. The Labute approximate surface area is 160 Å². The van der Waals surface area contributed by atoms with Gasteiger partial charge in [0.1, 0.15) is 0 Å². The van der Waals surface area contributed by atoms with Crippen molar-refractivity contribution in [1.82, 2.24) is 0 Å². The Bertz CT molecular complexity index is 364. The maximum Gasteiger partial charge on any atom is 0.248 e. The standard InChI is InChI=1S/C13H30O4P2S4/c1-10(2)14-18(20,15-11(3)4)22-9-23-19(21,16-12(5)6)17-13(7)8/h10-13H,9H2,1-8H3. The Kier molecular flexibility index (Phi) is 12.5. The molecule has 0 fully saturated rings. The molecule has 0 aromatic rings. The van der Waals surface area contributed by atoms with Gasteiger partial charge in [-0.25, -0.2) is 0 Å². The van der Waals surface area contributed by atoms with Crippen LogP contribution in [0.3, 0.4) is 0 Å². The summed E-state index contributed by atoms with van der Waals surface area (Å²) in [6, 6.07) is 0. The van der Waals surface area contributed by atoms with Crippen molar-refractivity contribution in [3.63, 3.8) is 0 Å². The van der Waals surface area contributed by atoms with E-state index in [2.05, 4.69) is 0 Å². The van der Waals surface area contributed by atoms with Crippen molar-refractivity contribution in [2.75, 3.05) is 5.08 Å². The minimum atomic E-state index is -2.40. The molecule has 0 atom stereocenters. The van der Waals surface area contributed by atoms with Gasteiger partial charge in [0.15, 0.2) is 0 Å². The molecular formula is C13H30O4P2S4. The molecule has 0 aliphatic rings. The Morgan fingerprint density at radius 2 is 0.826 bits per heavy atom. The Hall–Kier alpha value is 1.84. The van der Waals surface area contributed by atoms with Gasteiger partial charge >= 0.3 is 0 Å². The van der Waals surface area contributed by atoms with E-state index in [0.717, 1.165) is 0 Å². The summed E-state index contributed by atoms with van der Waals surface area (Å²) in [5.74, 6) is 0. The van der Waals surface area contributed by atoms with E-state index in [4.69, 9.17) is 41.7 Å². The summed E-state index contributed by atoms with van der Waals surface area (Å²) >= 11 is 14.3. The quantitative estimate of drug-likeness (QED) is 0.249. The molecule has 0 aliphatic heterocycles. The molecule has 10 heteroatoms. The fourth-order valence-corrected chi connectivity index (χ4v) is 16.2. The fraction of sp³-hybridized carbons (Fsp3) is 1.00. The monoisotopic (exact) mass is 440 g/mol. The summed E-state index contributed by atoms with van der Waals surface area (Å²) in [4.78, 5) is 0. The van der Waals surface area contributed by atoms with Crippen LogP contribution in [0.4, 0.5) is 0 Å². The van der Waals surface area contributed by atoms with E-state index in [9.17, 15) is 0 Å². The van der Waals surface area contributed by atoms with Gasteiger partial charge in [0.05, 0.1) is 29.5 Å². The highest BCUT2D eigenvalue weighted by atomic mass is 32.9.